The molecule has 0 unspecified atom stereocenters. The summed E-state index contributed by atoms with van der Waals surface area (Å²) in [5.41, 5.74) is 7.52. The molecule has 1 aliphatic rings. The van der Waals surface area contributed by atoms with Crippen molar-refractivity contribution in [2.75, 3.05) is 5.73 Å². The first kappa shape index (κ1) is 13.2. The topological polar surface area (TPSA) is 51.8 Å². The average Bonchev–Trinajstić information content (AvgIpc) is 2.86. The summed E-state index contributed by atoms with van der Waals surface area (Å²) in [5, 5.41) is 0. The zero-order chi connectivity index (χ0) is 14.3. The molecule has 20 heavy (non-hydrogen) atoms. The van der Waals surface area contributed by atoms with E-state index in [0.29, 0.717) is 17.2 Å². The van der Waals surface area contributed by atoms with E-state index in [-0.39, 0.29) is 0 Å². The zero-order valence-corrected chi connectivity index (χ0v) is 11.1. The standard InChI is InChI=1S/C13H10F3N3S/c14-13(15,16)8-3-1-7(2-4-8)12-18-10-6-20-5-9(10)11(17)19-12/h1-4H,5-6H2,(H2,17,18,19). The fourth-order valence-electron chi connectivity index (χ4n) is 2.01. The third-order valence-corrected chi connectivity index (χ3v) is 4.05. The number of alkyl halides is 3. The van der Waals surface area contributed by atoms with Crippen LogP contribution in [0.1, 0.15) is 16.8 Å². The van der Waals surface area contributed by atoms with Crippen molar-refractivity contribution in [3.63, 3.8) is 0 Å². The smallest absolute Gasteiger partial charge is 0.383 e. The van der Waals surface area contributed by atoms with E-state index in [1.165, 1.54) is 12.1 Å². The maximum Gasteiger partial charge on any atom is 0.416 e. The Labute approximate surface area is 117 Å². The second kappa shape index (κ2) is 4.66. The van der Waals surface area contributed by atoms with Crippen molar-refractivity contribution in [3.8, 4) is 11.4 Å². The summed E-state index contributed by atoms with van der Waals surface area (Å²) in [4.78, 5) is 8.56. The van der Waals surface area contributed by atoms with Gasteiger partial charge in [-0.1, -0.05) is 12.1 Å². The molecule has 0 amide bonds. The number of nitrogens with zero attached hydrogens (tertiary/aromatic N) is 2. The monoisotopic (exact) mass is 297 g/mol. The predicted octanol–water partition coefficient (Wildman–Crippen LogP) is 3.49. The van der Waals surface area contributed by atoms with Crippen LogP contribution in [-0.4, -0.2) is 9.97 Å². The van der Waals surface area contributed by atoms with Crippen LogP contribution in [0, 0.1) is 0 Å². The molecule has 104 valence electrons. The molecular formula is C13H10F3N3S. The van der Waals surface area contributed by atoms with Crippen molar-refractivity contribution >= 4 is 17.6 Å². The lowest BCUT2D eigenvalue weighted by Gasteiger charge is -2.09. The van der Waals surface area contributed by atoms with E-state index >= 15 is 0 Å². The quantitative estimate of drug-likeness (QED) is 0.875. The molecule has 3 rings (SSSR count). The first-order valence-electron chi connectivity index (χ1n) is 5.86. The van der Waals surface area contributed by atoms with E-state index < -0.39 is 11.7 Å². The van der Waals surface area contributed by atoms with Crippen LogP contribution in [0.3, 0.4) is 0 Å². The Balaban J connectivity index is 2.00. The van der Waals surface area contributed by atoms with Gasteiger partial charge in [-0.05, 0) is 12.1 Å². The number of nitrogen functional groups attached to an aromatic ring is 1. The van der Waals surface area contributed by atoms with E-state index in [1.54, 1.807) is 11.8 Å². The number of fused-ring (bicyclic) bond motifs is 1. The third-order valence-electron chi connectivity index (χ3n) is 3.08. The number of hydrogen-bond donors (Lipinski definition) is 1. The molecule has 0 radical (unpaired) electrons. The zero-order valence-electron chi connectivity index (χ0n) is 10.2. The Kier molecular flexibility index (Phi) is 3.08. The highest BCUT2D eigenvalue weighted by Crippen LogP contribution is 2.34. The maximum atomic E-state index is 12.5. The van der Waals surface area contributed by atoms with Crippen molar-refractivity contribution in [1.82, 2.24) is 9.97 Å². The number of rotatable bonds is 1. The Morgan fingerprint density at radius 3 is 2.40 bits per heavy atom. The summed E-state index contributed by atoms with van der Waals surface area (Å²) >= 11 is 1.70. The first-order valence-corrected chi connectivity index (χ1v) is 7.01. The van der Waals surface area contributed by atoms with Gasteiger partial charge in [0, 0.05) is 22.6 Å². The van der Waals surface area contributed by atoms with Crippen LogP contribution in [0.15, 0.2) is 24.3 Å². The van der Waals surface area contributed by atoms with Gasteiger partial charge in [-0.15, -0.1) is 0 Å². The van der Waals surface area contributed by atoms with Crippen molar-refractivity contribution < 1.29 is 13.2 Å². The van der Waals surface area contributed by atoms with Crippen LogP contribution in [-0.2, 0) is 17.7 Å². The first-order chi connectivity index (χ1) is 9.45. The lowest BCUT2D eigenvalue weighted by Crippen LogP contribution is -2.05. The van der Waals surface area contributed by atoms with Crippen LogP contribution in [0.4, 0.5) is 19.0 Å². The van der Waals surface area contributed by atoms with Gasteiger partial charge in [0.15, 0.2) is 5.82 Å². The Morgan fingerprint density at radius 2 is 1.75 bits per heavy atom. The van der Waals surface area contributed by atoms with E-state index in [2.05, 4.69) is 9.97 Å². The second-order valence-corrected chi connectivity index (χ2v) is 5.41. The summed E-state index contributed by atoms with van der Waals surface area (Å²) in [6, 6.07) is 4.78. The maximum absolute atomic E-state index is 12.5. The fraction of sp³-hybridized carbons (Fsp3) is 0.231. The van der Waals surface area contributed by atoms with Gasteiger partial charge in [-0.2, -0.15) is 24.9 Å². The summed E-state index contributed by atoms with van der Waals surface area (Å²) in [6.45, 7) is 0. The SMILES string of the molecule is Nc1nc(-c2ccc(C(F)(F)F)cc2)nc2c1CSC2. The minimum atomic E-state index is -4.34. The van der Waals surface area contributed by atoms with Crippen LogP contribution >= 0.6 is 11.8 Å². The molecule has 0 saturated heterocycles. The van der Waals surface area contributed by atoms with E-state index in [0.717, 1.165) is 34.9 Å². The highest BCUT2D eigenvalue weighted by atomic mass is 32.2. The third kappa shape index (κ3) is 2.33. The number of anilines is 1. The number of nitrogens with two attached hydrogens (primary N) is 1. The largest absolute Gasteiger partial charge is 0.416 e. The molecule has 0 atom stereocenters. The number of thioether (sulfide) groups is 1. The summed E-state index contributed by atoms with van der Waals surface area (Å²) < 4.78 is 37.5. The normalized spacial score (nSPS) is 14.3. The lowest BCUT2D eigenvalue weighted by molar-refractivity contribution is -0.137. The number of halogens is 3. The van der Waals surface area contributed by atoms with Gasteiger partial charge in [0.25, 0.3) is 0 Å². The van der Waals surface area contributed by atoms with Gasteiger partial charge in [-0.25, -0.2) is 9.97 Å². The molecule has 0 bridgehead atoms. The van der Waals surface area contributed by atoms with Gasteiger partial charge in [0.2, 0.25) is 0 Å². The number of hydrogen-bond acceptors (Lipinski definition) is 4. The molecule has 2 heterocycles. The van der Waals surface area contributed by atoms with E-state index in [4.69, 9.17) is 5.73 Å². The minimum Gasteiger partial charge on any atom is -0.383 e. The average molecular weight is 297 g/mol. The predicted molar refractivity (Wildman–Crippen MR) is 71.9 cm³/mol. The highest BCUT2D eigenvalue weighted by molar-refractivity contribution is 7.98. The van der Waals surface area contributed by atoms with Crippen molar-refractivity contribution in [3.05, 3.63) is 41.1 Å². The molecular weight excluding hydrogens is 287 g/mol. The number of aromatic nitrogens is 2. The molecule has 1 aromatic carbocycles. The van der Waals surface area contributed by atoms with Crippen molar-refractivity contribution in [1.29, 1.82) is 0 Å². The second-order valence-electron chi connectivity index (χ2n) is 4.43. The lowest BCUT2D eigenvalue weighted by atomic mass is 10.1. The number of benzene rings is 1. The van der Waals surface area contributed by atoms with E-state index in [9.17, 15) is 13.2 Å². The minimum absolute atomic E-state index is 0.373. The Morgan fingerprint density at radius 1 is 1.05 bits per heavy atom. The highest BCUT2D eigenvalue weighted by Gasteiger charge is 2.30. The molecule has 0 aliphatic carbocycles. The molecule has 2 N–H and O–H groups in total. The molecule has 3 nitrogen and oxygen atoms in total. The summed E-state index contributed by atoms with van der Waals surface area (Å²) in [5.74, 6) is 2.33. The molecule has 2 aromatic rings. The molecule has 1 aliphatic heterocycles. The molecule has 0 fully saturated rings. The van der Waals surface area contributed by atoms with Gasteiger partial charge >= 0.3 is 6.18 Å². The van der Waals surface area contributed by atoms with Gasteiger partial charge in [0.1, 0.15) is 5.82 Å². The van der Waals surface area contributed by atoms with E-state index in [1.807, 2.05) is 0 Å². The van der Waals surface area contributed by atoms with Crippen LogP contribution in [0.25, 0.3) is 11.4 Å². The van der Waals surface area contributed by atoms with Crippen molar-refractivity contribution in [2.24, 2.45) is 0 Å². The Bertz CT molecular complexity index is 653. The Hall–Kier alpha value is -1.76. The summed E-state index contributed by atoms with van der Waals surface area (Å²) in [6.07, 6.45) is -4.34. The van der Waals surface area contributed by atoms with Crippen molar-refractivity contribution in [2.45, 2.75) is 17.7 Å². The van der Waals surface area contributed by atoms with Crippen LogP contribution < -0.4 is 5.73 Å². The molecule has 7 heteroatoms. The van der Waals surface area contributed by atoms with Crippen LogP contribution in [0.5, 0.6) is 0 Å². The van der Waals surface area contributed by atoms with Gasteiger partial charge in [-0.3, -0.25) is 0 Å². The molecule has 0 spiro atoms. The fourth-order valence-corrected chi connectivity index (χ4v) is 3.07. The van der Waals surface area contributed by atoms with Gasteiger partial charge in [0.05, 0.1) is 11.3 Å². The van der Waals surface area contributed by atoms with Gasteiger partial charge < -0.3 is 5.73 Å². The molecule has 1 aromatic heterocycles. The summed E-state index contributed by atoms with van der Waals surface area (Å²) in [7, 11) is 0. The van der Waals surface area contributed by atoms with Crippen LogP contribution in [0.2, 0.25) is 0 Å². The molecule has 0 saturated carbocycles.